The molecule has 1 aliphatic rings. The van der Waals surface area contributed by atoms with Crippen LogP contribution in [0.3, 0.4) is 0 Å². The zero-order valence-electron chi connectivity index (χ0n) is 10.8. The number of carbonyl (C=O) groups is 2. The molecule has 0 aliphatic carbocycles. The van der Waals surface area contributed by atoms with E-state index in [9.17, 15) is 9.59 Å². The summed E-state index contributed by atoms with van der Waals surface area (Å²) in [4.78, 5) is 28.6. The van der Waals surface area contributed by atoms with E-state index in [1.165, 1.54) is 0 Å². The summed E-state index contributed by atoms with van der Waals surface area (Å²) >= 11 is 0. The Morgan fingerprint density at radius 2 is 2.11 bits per heavy atom. The monoisotopic (exact) mass is 246 g/mol. The zero-order valence-corrected chi connectivity index (χ0v) is 10.8. The summed E-state index contributed by atoms with van der Waals surface area (Å²) < 4.78 is 0. The van der Waals surface area contributed by atoms with Gasteiger partial charge < -0.3 is 4.90 Å². The highest BCUT2D eigenvalue weighted by molar-refractivity contribution is 6.28. The number of hydrogen-bond acceptors (Lipinski definition) is 4. The van der Waals surface area contributed by atoms with E-state index < -0.39 is 0 Å². The standard InChI is InChI=1S/C14H18N2O2/c1-14(2)5-8-16(11-3-6-15-7-4-11)12(9-14)13(18)10-17/h3-4,6-7,10,12H,5,8-9H2,1-2H3. The lowest BCUT2D eigenvalue weighted by atomic mass is 9.77. The van der Waals surface area contributed by atoms with Crippen LogP contribution in [-0.4, -0.2) is 29.6 Å². The quantitative estimate of drug-likeness (QED) is 0.603. The Bertz CT molecular complexity index is 442. The number of aldehydes is 1. The number of anilines is 1. The molecule has 1 unspecified atom stereocenters. The molecule has 96 valence electrons. The zero-order chi connectivity index (χ0) is 13.2. The van der Waals surface area contributed by atoms with E-state index in [1.54, 1.807) is 12.4 Å². The Labute approximate surface area is 107 Å². The lowest BCUT2D eigenvalue weighted by Crippen LogP contribution is -2.50. The average molecular weight is 246 g/mol. The lowest BCUT2D eigenvalue weighted by molar-refractivity contribution is -0.131. The third kappa shape index (κ3) is 2.58. The van der Waals surface area contributed by atoms with Crippen LogP contribution in [0.15, 0.2) is 24.5 Å². The molecule has 1 fully saturated rings. The van der Waals surface area contributed by atoms with Gasteiger partial charge in [0.2, 0.25) is 5.78 Å². The van der Waals surface area contributed by atoms with Crippen molar-refractivity contribution in [2.45, 2.75) is 32.7 Å². The summed E-state index contributed by atoms with van der Waals surface area (Å²) in [5.74, 6) is -0.334. The van der Waals surface area contributed by atoms with Gasteiger partial charge in [-0.05, 0) is 30.4 Å². The van der Waals surface area contributed by atoms with Crippen molar-refractivity contribution in [2.24, 2.45) is 5.41 Å². The fraction of sp³-hybridized carbons (Fsp3) is 0.500. The van der Waals surface area contributed by atoms with Gasteiger partial charge in [0, 0.05) is 24.6 Å². The molecule has 1 atom stereocenters. The van der Waals surface area contributed by atoms with E-state index in [0.717, 1.165) is 18.7 Å². The normalized spacial score (nSPS) is 22.6. The number of carbonyl (C=O) groups excluding carboxylic acids is 2. The number of pyridine rings is 1. The van der Waals surface area contributed by atoms with Gasteiger partial charge >= 0.3 is 0 Å². The Kier molecular flexibility index (Phi) is 3.45. The molecule has 4 nitrogen and oxygen atoms in total. The van der Waals surface area contributed by atoms with Gasteiger partial charge in [-0.15, -0.1) is 0 Å². The van der Waals surface area contributed by atoms with Crippen LogP contribution in [0.1, 0.15) is 26.7 Å². The van der Waals surface area contributed by atoms with Crippen molar-refractivity contribution in [1.29, 1.82) is 0 Å². The maximum atomic E-state index is 11.8. The van der Waals surface area contributed by atoms with Crippen molar-refractivity contribution in [3.05, 3.63) is 24.5 Å². The number of hydrogen-bond donors (Lipinski definition) is 0. The molecular weight excluding hydrogens is 228 g/mol. The van der Waals surface area contributed by atoms with Crippen molar-refractivity contribution in [2.75, 3.05) is 11.4 Å². The smallest absolute Gasteiger partial charge is 0.217 e. The second-order valence-electron chi connectivity index (χ2n) is 5.55. The fourth-order valence-corrected chi connectivity index (χ4v) is 2.49. The minimum Gasteiger partial charge on any atom is -0.361 e. The van der Waals surface area contributed by atoms with Crippen LogP contribution >= 0.6 is 0 Å². The first-order valence-electron chi connectivity index (χ1n) is 6.19. The highest BCUT2D eigenvalue weighted by Crippen LogP contribution is 2.36. The first kappa shape index (κ1) is 12.7. The SMILES string of the molecule is CC1(C)CCN(c2ccncc2)C(C(=O)C=O)C1. The number of rotatable bonds is 3. The maximum absolute atomic E-state index is 11.8. The van der Waals surface area contributed by atoms with Crippen LogP contribution < -0.4 is 4.90 Å². The topological polar surface area (TPSA) is 50.3 Å². The second-order valence-corrected chi connectivity index (χ2v) is 5.55. The van der Waals surface area contributed by atoms with Gasteiger partial charge in [-0.25, -0.2) is 0 Å². The van der Waals surface area contributed by atoms with Gasteiger partial charge in [-0.2, -0.15) is 0 Å². The van der Waals surface area contributed by atoms with Crippen LogP contribution in [0.4, 0.5) is 5.69 Å². The minimum absolute atomic E-state index is 0.104. The van der Waals surface area contributed by atoms with Crippen molar-refractivity contribution in [3.63, 3.8) is 0 Å². The summed E-state index contributed by atoms with van der Waals surface area (Å²) in [7, 11) is 0. The third-order valence-corrected chi connectivity index (χ3v) is 3.59. The van der Waals surface area contributed by atoms with Crippen LogP contribution in [0.5, 0.6) is 0 Å². The Morgan fingerprint density at radius 3 is 2.72 bits per heavy atom. The molecule has 1 aliphatic heterocycles. The van der Waals surface area contributed by atoms with Gasteiger partial charge in [0.1, 0.15) is 0 Å². The van der Waals surface area contributed by atoms with Crippen LogP contribution in [0.2, 0.25) is 0 Å². The van der Waals surface area contributed by atoms with Gasteiger partial charge in [0.15, 0.2) is 6.29 Å². The van der Waals surface area contributed by atoms with Gasteiger partial charge in [0.25, 0.3) is 0 Å². The van der Waals surface area contributed by atoms with Gasteiger partial charge in [0.05, 0.1) is 6.04 Å². The number of aromatic nitrogens is 1. The van der Waals surface area contributed by atoms with Gasteiger partial charge in [-0.1, -0.05) is 13.8 Å². The van der Waals surface area contributed by atoms with Crippen molar-refractivity contribution >= 4 is 17.8 Å². The Balaban J connectivity index is 2.28. The summed E-state index contributed by atoms with van der Waals surface area (Å²) in [6.07, 6.45) is 5.58. The lowest BCUT2D eigenvalue weighted by Gasteiger charge is -2.43. The third-order valence-electron chi connectivity index (χ3n) is 3.59. The predicted octanol–water partition coefficient (Wildman–Crippen LogP) is 1.84. The number of ketones is 1. The van der Waals surface area contributed by atoms with E-state index in [0.29, 0.717) is 12.7 Å². The summed E-state index contributed by atoms with van der Waals surface area (Å²) in [6.45, 7) is 5.07. The predicted molar refractivity (Wildman–Crippen MR) is 69.5 cm³/mol. The van der Waals surface area contributed by atoms with Crippen LogP contribution in [-0.2, 0) is 9.59 Å². The first-order valence-corrected chi connectivity index (χ1v) is 6.19. The molecule has 2 rings (SSSR count). The molecule has 0 aromatic carbocycles. The van der Waals surface area contributed by atoms with Crippen molar-refractivity contribution in [1.82, 2.24) is 4.98 Å². The Hall–Kier alpha value is -1.71. The molecule has 1 saturated heterocycles. The maximum Gasteiger partial charge on any atom is 0.217 e. The summed E-state index contributed by atoms with van der Waals surface area (Å²) in [5.41, 5.74) is 1.06. The molecule has 0 N–H and O–H groups in total. The largest absolute Gasteiger partial charge is 0.361 e. The Morgan fingerprint density at radius 1 is 1.44 bits per heavy atom. The highest BCUT2D eigenvalue weighted by atomic mass is 16.2. The molecule has 2 heterocycles. The van der Waals surface area contributed by atoms with Crippen LogP contribution in [0, 0.1) is 5.41 Å². The molecule has 0 bridgehead atoms. The molecule has 4 heteroatoms. The van der Waals surface area contributed by atoms with E-state index in [2.05, 4.69) is 18.8 Å². The summed E-state index contributed by atoms with van der Waals surface area (Å²) in [5, 5.41) is 0. The molecule has 0 radical (unpaired) electrons. The fourth-order valence-electron chi connectivity index (χ4n) is 2.49. The molecule has 1 aromatic rings. The van der Waals surface area contributed by atoms with E-state index in [-0.39, 0.29) is 17.2 Å². The van der Waals surface area contributed by atoms with Crippen molar-refractivity contribution < 1.29 is 9.59 Å². The highest BCUT2D eigenvalue weighted by Gasteiger charge is 2.37. The van der Waals surface area contributed by atoms with Crippen molar-refractivity contribution in [3.8, 4) is 0 Å². The van der Waals surface area contributed by atoms with E-state index in [4.69, 9.17) is 0 Å². The second kappa shape index (κ2) is 4.88. The van der Waals surface area contributed by atoms with Gasteiger partial charge in [-0.3, -0.25) is 14.6 Å². The molecule has 0 saturated carbocycles. The minimum atomic E-state index is -0.339. The van der Waals surface area contributed by atoms with E-state index >= 15 is 0 Å². The first-order chi connectivity index (χ1) is 8.53. The molecular formula is C14H18N2O2. The number of Topliss-reactive ketones (excluding diaryl/α,β-unsaturated/α-hetero) is 1. The molecule has 0 amide bonds. The molecule has 0 spiro atoms. The molecule has 18 heavy (non-hydrogen) atoms. The summed E-state index contributed by atoms with van der Waals surface area (Å²) in [6, 6.07) is 3.42. The average Bonchev–Trinajstić information content (AvgIpc) is 2.38. The van der Waals surface area contributed by atoms with E-state index in [1.807, 2.05) is 17.0 Å². The van der Waals surface area contributed by atoms with Crippen LogP contribution in [0.25, 0.3) is 0 Å². The number of nitrogens with zero attached hydrogens (tertiary/aromatic N) is 2. The number of piperidine rings is 1. The molecule has 1 aromatic heterocycles.